The van der Waals surface area contributed by atoms with Gasteiger partial charge in [0.05, 0.1) is 39.4 Å². The Morgan fingerprint density at radius 1 is 0.864 bits per heavy atom. The molecule has 0 aromatic heterocycles. The number of ether oxygens (including phenoxy) is 6. The Morgan fingerprint density at radius 2 is 1.70 bits per heavy atom. The number of allylic oxidation sites excluding steroid dienone is 1. The number of fused-ring (bicyclic) bond motifs is 4. The summed E-state index contributed by atoms with van der Waals surface area (Å²) in [5.74, 6) is 2.80. The fourth-order valence-electron chi connectivity index (χ4n) is 5.94. The first-order valence-electron chi connectivity index (χ1n) is 14.5. The van der Waals surface area contributed by atoms with E-state index in [0.29, 0.717) is 52.9 Å². The van der Waals surface area contributed by atoms with Crippen LogP contribution in [0.4, 0.5) is 0 Å². The zero-order chi connectivity index (χ0) is 30.2. The highest BCUT2D eigenvalue weighted by molar-refractivity contribution is 6.15. The second-order valence-electron chi connectivity index (χ2n) is 10.8. The number of hydrogen-bond donors (Lipinski definition) is 0. The minimum atomic E-state index is -0.417. The van der Waals surface area contributed by atoms with Crippen molar-refractivity contribution in [3.63, 3.8) is 0 Å². The van der Waals surface area contributed by atoms with Crippen LogP contribution in [0.25, 0.3) is 6.08 Å². The van der Waals surface area contributed by atoms with Gasteiger partial charge in [-0.05, 0) is 70.8 Å². The fraction of sp³-hybridized carbons (Fsp3) is 0.222. The van der Waals surface area contributed by atoms with Crippen LogP contribution < -0.4 is 28.4 Å². The quantitative estimate of drug-likeness (QED) is 0.134. The molecule has 44 heavy (non-hydrogen) atoms. The lowest BCUT2D eigenvalue weighted by atomic mass is 9.84. The second kappa shape index (κ2) is 11.4. The number of esters is 1. The molecule has 0 fully saturated rings. The lowest BCUT2D eigenvalue weighted by Gasteiger charge is -2.27. The van der Waals surface area contributed by atoms with Crippen molar-refractivity contribution in [2.45, 2.75) is 25.2 Å². The van der Waals surface area contributed by atoms with E-state index in [9.17, 15) is 9.59 Å². The van der Waals surface area contributed by atoms with Gasteiger partial charge in [-0.15, -0.1) is 0 Å². The minimum absolute atomic E-state index is 0.0848. The molecular weight excluding hydrogens is 560 g/mol. The molecule has 4 aromatic rings. The maximum absolute atomic E-state index is 13.4. The van der Waals surface area contributed by atoms with Crippen LogP contribution in [-0.2, 0) is 17.6 Å². The average Bonchev–Trinajstić information content (AvgIpc) is 3.64. The number of hydrogen-bond acceptors (Lipinski definition) is 8. The number of benzene rings is 4. The third-order valence-corrected chi connectivity index (χ3v) is 8.19. The molecule has 1 atom stereocenters. The van der Waals surface area contributed by atoms with Gasteiger partial charge in [0.1, 0.15) is 23.0 Å². The molecule has 3 heterocycles. The Labute approximate surface area is 254 Å². The Balaban J connectivity index is 1.17. The van der Waals surface area contributed by atoms with E-state index < -0.39 is 5.92 Å². The SMILES string of the molecule is COc1ccc(/C=C2\Oc3c(ccc4c3[C@@H](c3ccc(OC)c(OCCc5ccc6c(c5)CCO6)c3)CC(=O)O4)C2=O)cc1. The molecule has 4 aromatic carbocycles. The maximum atomic E-state index is 13.4. The van der Waals surface area contributed by atoms with Gasteiger partial charge in [0.25, 0.3) is 0 Å². The smallest absolute Gasteiger partial charge is 0.312 e. The first kappa shape index (κ1) is 27.6. The number of carbonyl (C=O) groups excluding carboxylic acids is 2. The zero-order valence-corrected chi connectivity index (χ0v) is 24.4. The van der Waals surface area contributed by atoms with Crippen molar-refractivity contribution in [1.82, 2.24) is 0 Å². The summed E-state index contributed by atoms with van der Waals surface area (Å²) < 4.78 is 34.5. The van der Waals surface area contributed by atoms with E-state index in [0.717, 1.165) is 29.9 Å². The maximum Gasteiger partial charge on any atom is 0.312 e. The molecule has 0 unspecified atom stereocenters. The molecule has 0 amide bonds. The van der Waals surface area contributed by atoms with Crippen molar-refractivity contribution >= 4 is 17.8 Å². The largest absolute Gasteiger partial charge is 0.497 e. The number of carbonyl (C=O) groups is 2. The zero-order valence-electron chi connectivity index (χ0n) is 24.4. The van der Waals surface area contributed by atoms with E-state index >= 15 is 0 Å². The van der Waals surface area contributed by atoms with Gasteiger partial charge < -0.3 is 28.4 Å². The van der Waals surface area contributed by atoms with Crippen molar-refractivity contribution < 1.29 is 38.0 Å². The van der Waals surface area contributed by atoms with Crippen molar-refractivity contribution in [1.29, 1.82) is 0 Å². The van der Waals surface area contributed by atoms with E-state index in [2.05, 4.69) is 12.1 Å². The standard InChI is InChI=1S/C36H30O8/c1-39-25-7-3-21(4-8-25)18-32-35(38)26-9-12-30-34(36(26)44-32)27(20-33(37)43-30)23-6-11-29(40-2)31(19-23)42-15-13-22-5-10-28-24(17-22)14-16-41-28/h3-12,17-19,27H,13-16,20H2,1-2H3/b32-18-/t27-/m1/s1. The third kappa shape index (κ3) is 5.13. The summed E-state index contributed by atoms with van der Waals surface area (Å²) in [6, 6.07) is 22.5. The van der Waals surface area contributed by atoms with Crippen LogP contribution in [0.2, 0.25) is 0 Å². The first-order valence-corrected chi connectivity index (χ1v) is 14.5. The monoisotopic (exact) mass is 590 g/mol. The third-order valence-electron chi connectivity index (χ3n) is 8.19. The molecule has 0 N–H and O–H groups in total. The molecule has 0 spiro atoms. The minimum Gasteiger partial charge on any atom is -0.497 e. The van der Waals surface area contributed by atoms with Crippen molar-refractivity contribution in [3.05, 3.63) is 112 Å². The van der Waals surface area contributed by atoms with Crippen LogP contribution in [0, 0.1) is 0 Å². The van der Waals surface area contributed by atoms with Gasteiger partial charge in [-0.3, -0.25) is 9.59 Å². The topological polar surface area (TPSA) is 89.5 Å². The second-order valence-corrected chi connectivity index (χ2v) is 10.8. The molecule has 0 aliphatic carbocycles. The Bertz CT molecular complexity index is 1800. The first-order chi connectivity index (χ1) is 21.5. The number of ketones is 1. The van der Waals surface area contributed by atoms with E-state index in [4.69, 9.17) is 28.4 Å². The molecule has 0 saturated carbocycles. The number of Topliss-reactive ketones (excluding diaryl/α,β-unsaturated/α-hetero) is 1. The predicted molar refractivity (Wildman–Crippen MR) is 162 cm³/mol. The Hall–Kier alpha value is -5.24. The molecular formula is C36H30O8. The predicted octanol–water partition coefficient (Wildman–Crippen LogP) is 6.32. The summed E-state index contributed by atoms with van der Waals surface area (Å²) in [5.41, 5.74) is 5.10. The molecule has 8 heteroatoms. The van der Waals surface area contributed by atoms with Crippen LogP contribution in [0.1, 0.15) is 50.5 Å². The van der Waals surface area contributed by atoms with E-state index in [-0.39, 0.29) is 23.9 Å². The van der Waals surface area contributed by atoms with Gasteiger partial charge >= 0.3 is 5.97 Å². The summed E-state index contributed by atoms with van der Waals surface area (Å²) >= 11 is 0. The van der Waals surface area contributed by atoms with Crippen LogP contribution in [0.15, 0.2) is 78.6 Å². The summed E-state index contributed by atoms with van der Waals surface area (Å²) in [4.78, 5) is 26.1. The molecule has 0 saturated heterocycles. The molecule has 3 aliphatic heterocycles. The normalized spacial score (nSPS) is 17.2. The summed E-state index contributed by atoms with van der Waals surface area (Å²) in [7, 11) is 3.20. The lowest BCUT2D eigenvalue weighted by molar-refractivity contribution is -0.135. The van der Waals surface area contributed by atoms with Crippen molar-refractivity contribution in [2.75, 3.05) is 27.4 Å². The highest BCUT2D eigenvalue weighted by Crippen LogP contribution is 2.50. The number of methoxy groups -OCH3 is 2. The fourth-order valence-corrected chi connectivity index (χ4v) is 5.94. The lowest BCUT2D eigenvalue weighted by Crippen LogP contribution is -2.21. The van der Waals surface area contributed by atoms with Crippen molar-refractivity contribution in [2.24, 2.45) is 0 Å². The van der Waals surface area contributed by atoms with Crippen LogP contribution in [0.5, 0.6) is 34.5 Å². The summed E-state index contributed by atoms with van der Waals surface area (Å²) in [5, 5.41) is 0. The van der Waals surface area contributed by atoms with E-state index in [1.54, 1.807) is 32.4 Å². The summed E-state index contributed by atoms with van der Waals surface area (Å²) in [6.07, 6.45) is 3.42. The van der Waals surface area contributed by atoms with Crippen LogP contribution >= 0.6 is 0 Å². The molecule has 7 rings (SSSR count). The molecule has 0 bridgehead atoms. The van der Waals surface area contributed by atoms with Crippen LogP contribution in [0.3, 0.4) is 0 Å². The van der Waals surface area contributed by atoms with E-state index in [1.807, 2.05) is 48.5 Å². The van der Waals surface area contributed by atoms with Gasteiger partial charge in [0, 0.05) is 24.3 Å². The Morgan fingerprint density at radius 3 is 2.52 bits per heavy atom. The highest BCUT2D eigenvalue weighted by Gasteiger charge is 2.38. The van der Waals surface area contributed by atoms with Gasteiger partial charge in [-0.1, -0.05) is 30.3 Å². The van der Waals surface area contributed by atoms with Gasteiger partial charge in [-0.2, -0.15) is 0 Å². The molecule has 3 aliphatic rings. The average molecular weight is 591 g/mol. The van der Waals surface area contributed by atoms with E-state index in [1.165, 1.54) is 11.1 Å². The molecule has 8 nitrogen and oxygen atoms in total. The van der Waals surface area contributed by atoms with Crippen molar-refractivity contribution in [3.8, 4) is 34.5 Å². The summed E-state index contributed by atoms with van der Waals surface area (Å²) in [6.45, 7) is 1.16. The number of rotatable bonds is 8. The van der Waals surface area contributed by atoms with Gasteiger partial charge in [0.2, 0.25) is 5.78 Å². The van der Waals surface area contributed by atoms with Crippen LogP contribution in [-0.4, -0.2) is 39.2 Å². The Kier molecular flexibility index (Phi) is 7.18. The highest BCUT2D eigenvalue weighted by atomic mass is 16.5. The van der Waals surface area contributed by atoms with Gasteiger partial charge in [0.15, 0.2) is 17.3 Å². The molecule has 0 radical (unpaired) electrons. The van der Waals surface area contributed by atoms with Gasteiger partial charge in [-0.25, -0.2) is 0 Å². The molecule has 222 valence electrons.